The van der Waals surface area contributed by atoms with Crippen LogP contribution in [0.15, 0.2) is 27.5 Å². The van der Waals surface area contributed by atoms with Crippen molar-refractivity contribution in [3.63, 3.8) is 0 Å². The highest BCUT2D eigenvalue weighted by molar-refractivity contribution is 7.98. The molecule has 1 aliphatic rings. The fourth-order valence-electron chi connectivity index (χ4n) is 3.01. The van der Waals surface area contributed by atoms with E-state index < -0.39 is 21.1 Å². The van der Waals surface area contributed by atoms with Gasteiger partial charge in [-0.25, -0.2) is 4.21 Å². The van der Waals surface area contributed by atoms with Gasteiger partial charge in [-0.05, 0) is 31.2 Å². The van der Waals surface area contributed by atoms with E-state index in [1.165, 1.54) is 35.8 Å². The monoisotopic (exact) mass is 443 g/mol. The smallest absolute Gasteiger partial charge is 0.277 e. The summed E-state index contributed by atoms with van der Waals surface area (Å²) >= 11 is 8.01. The van der Waals surface area contributed by atoms with Crippen molar-refractivity contribution in [3.05, 3.63) is 44.8 Å². The van der Waals surface area contributed by atoms with Crippen LogP contribution in [0.5, 0.6) is 5.75 Å². The Labute approximate surface area is 173 Å². The standard InChI is InChI=1S/C18H22ClN3O4S2/c1-22-18(24)13(10-20-22)17(23)12-6-7-14(26-11-27-2)16(15(12)19)21-28(25)8-4-3-5-9-28/h6-7,10,20H,3-5,8-9,11H2,1-2H3. The highest BCUT2D eigenvalue weighted by Crippen LogP contribution is 2.40. The number of hydrogen-bond donors (Lipinski definition) is 1. The van der Waals surface area contributed by atoms with E-state index in [9.17, 15) is 13.8 Å². The number of ketones is 1. The number of H-pyrrole nitrogens is 1. The lowest BCUT2D eigenvalue weighted by atomic mass is 10.1. The predicted octanol–water partition coefficient (Wildman–Crippen LogP) is 3.58. The number of halogens is 1. The highest BCUT2D eigenvalue weighted by Gasteiger charge is 2.24. The minimum absolute atomic E-state index is 0.0185. The van der Waals surface area contributed by atoms with E-state index in [1.54, 1.807) is 6.07 Å². The van der Waals surface area contributed by atoms with Crippen LogP contribution in [0.2, 0.25) is 5.02 Å². The molecule has 0 atom stereocenters. The maximum absolute atomic E-state index is 13.1. The van der Waals surface area contributed by atoms with Gasteiger partial charge in [0.2, 0.25) is 5.78 Å². The average Bonchev–Trinajstić information content (AvgIpc) is 3.01. The molecule has 2 heterocycles. The molecule has 1 N–H and O–H groups in total. The van der Waals surface area contributed by atoms with E-state index in [4.69, 9.17) is 16.3 Å². The summed E-state index contributed by atoms with van der Waals surface area (Å²) in [7, 11) is -0.932. The van der Waals surface area contributed by atoms with Crippen LogP contribution in [0.1, 0.15) is 35.2 Å². The van der Waals surface area contributed by atoms with Gasteiger partial charge in [0.15, 0.2) is 0 Å². The van der Waals surface area contributed by atoms with Crippen molar-refractivity contribution in [2.45, 2.75) is 19.3 Å². The fourth-order valence-corrected chi connectivity index (χ4v) is 5.80. The summed E-state index contributed by atoms with van der Waals surface area (Å²) in [6, 6.07) is 3.11. The fraction of sp³-hybridized carbons (Fsp3) is 0.444. The van der Waals surface area contributed by atoms with Crippen molar-refractivity contribution in [2.24, 2.45) is 11.4 Å². The molecule has 3 rings (SSSR count). The zero-order valence-electron chi connectivity index (χ0n) is 15.7. The molecule has 152 valence electrons. The normalized spacial score (nSPS) is 16.0. The third-order valence-electron chi connectivity index (χ3n) is 4.52. The number of benzene rings is 1. The summed E-state index contributed by atoms with van der Waals surface area (Å²) in [6.07, 6.45) is 5.96. The zero-order chi connectivity index (χ0) is 20.3. The minimum Gasteiger partial charge on any atom is -0.481 e. The van der Waals surface area contributed by atoms with Gasteiger partial charge in [0.25, 0.3) is 5.56 Å². The summed E-state index contributed by atoms with van der Waals surface area (Å²) in [4.78, 5) is 25.0. The lowest BCUT2D eigenvalue weighted by Crippen LogP contribution is -2.19. The second-order valence-electron chi connectivity index (χ2n) is 6.54. The van der Waals surface area contributed by atoms with Crippen molar-refractivity contribution in [1.82, 2.24) is 9.78 Å². The SMILES string of the molecule is CSCOc1ccc(C(=O)c2c[nH]n(C)c2=O)c(Cl)c1N=S1(=O)CCCCC1. The number of ether oxygens (including phenoxy) is 1. The van der Waals surface area contributed by atoms with E-state index in [2.05, 4.69) is 9.46 Å². The first kappa shape index (κ1) is 21.0. The number of carbonyl (C=O) groups is 1. The van der Waals surface area contributed by atoms with Crippen LogP contribution in [0.3, 0.4) is 0 Å². The topological polar surface area (TPSA) is 93.5 Å². The van der Waals surface area contributed by atoms with E-state index in [0.717, 1.165) is 19.3 Å². The number of nitrogens with zero attached hydrogens (tertiary/aromatic N) is 2. The van der Waals surface area contributed by atoms with E-state index in [1.807, 2.05) is 6.26 Å². The number of nitrogens with one attached hydrogen (secondary N) is 1. The molecule has 1 fully saturated rings. The first-order chi connectivity index (χ1) is 13.4. The van der Waals surface area contributed by atoms with Crippen molar-refractivity contribution in [3.8, 4) is 5.75 Å². The number of rotatable bonds is 6. The highest BCUT2D eigenvalue weighted by atomic mass is 35.5. The second-order valence-corrected chi connectivity index (χ2v) is 10.3. The maximum atomic E-state index is 13.1. The molecule has 1 aliphatic heterocycles. The summed E-state index contributed by atoms with van der Waals surface area (Å²) < 4.78 is 24.5. The van der Waals surface area contributed by atoms with Gasteiger partial charge in [0, 0.05) is 30.3 Å². The van der Waals surface area contributed by atoms with Gasteiger partial charge < -0.3 is 9.84 Å². The van der Waals surface area contributed by atoms with Crippen molar-refractivity contribution in [2.75, 3.05) is 23.7 Å². The molecular weight excluding hydrogens is 422 g/mol. The van der Waals surface area contributed by atoms with Gasteiger partial charge in [0.1, 0.15) is 22.9 Å². The first-order valence-electron chi connectivity index (χ1n) is 8.82. The molecule has 0 spiro atoms. The number of aryl methyl sites for hydroxylation is 1. The number of aromatic amines is 1. The molecule has 2 aromatic rings. The van der Waals surface area contributed by atoms with Crippen molar-refractivity contribution < 1.29 is 13.7 Å². The molecule has 0 unspecified atom stereocenters. The molecule has 0 radical (unpaired) electrons. The van der Waals surface area contributed by atoms with Gasteiger partial charge in [0.05, 0.1) is 14.8 Å². The Hall–Kier alpha value is -1.71. The maximum Gasteiger partial charge on any atom is 0.277 e. The summed E-state index contributed by atoms with van der Waals surface area (Å²) in [6.45, 7) is 0. The van der Waals surface area contributed by atoms with Gasteiger partial charge in [-0.1, -0.05) is 18.0 Å². The third-order valence-corrected chi connectivity index (χ3v) is 7.63. The lowest BCUT2D eigenvalue weighted by molar-refractivity contribution is 0.103. The molecule has 0 saturated carbocycles. The van der Waals surface area contributed by atoms with E-state index >= 15 is 0 Å². The molecule has 1 aromatic carbocycles. The summed E-state index contributed by atoms with van der Waals surface area (Å²) in [5.41, 5.74) is -0.108. The van der Waals surface area contributed by atoms with Crippen LogP contribution >= 0.6 is 23.4 Å². The number of aromatic nitrogens is 2. The molecule has 7 nitrogen and oxygen atoms in total. The molecule has 0 bridgehead atoms. The quantitative estimate of drug-likeness (QED) is 0.544. The van der Waals surface area contributed by atoms with Crippen LogP contribution in [-0.4, -0.2) is 43.5 Å². The van der Waals surface area contributed by atoms with Gasteiger partial charge >= 0.3 is 0 Å². The molecule has 1 aromatic heterocycles. The number of thioether (sulfide) groups is 1. The van der Waals surface area contributed by atoms with Crippen molar-refractivity contribution in [1.29, 1.82) is 0 Å². The Kier molecular flexibility index (Phi) is 6.57. The van der Waals surface area contributed by atoms with Crippen LogP contribution in [0.4, 0.5) is 5.69 Å². The molecular formula is C18H22ClN3O4S2. The zero-order valence-corrected chi connectivity index (χ0v) is 18.1. The largest absolute Gasteiger partial charge is 0.481 e. The van der Waals surface area contributed by atoms with Gasteiger partial charge in [-0.2, -0.15) is 4.36 Å². The van der Waals surface area contributed by atoms with E-state index in [-0.39, 0.29) is 21.8 Å². The number of hydrogen-bond acceptors (Lipinski definition) is 6. The molecule has 10 heteroatoms. The Morgan fingerprint density at radius 3 is 2.64 bits per heavy atom. The van der Waals surface area contributed by atoms with Gasteiger partial charge in [-0.15, -0.1) is 11.8 Å². The van der Waals surface area contributed by atoms with E-state index in [0.29, 0.717) is 23.2 Å². The molecule has 0 amide bonds. The number of carbonyl (C=O) groups excluding carboxylic acids is 1. The van der Waals surface area contributed by atoms with Gasteiger partial charge in [-0.3, -0.25) is 14.3 Å². The Bertz CT molecular complexity index is 1060. The summed E-state index contributed by atoms with van der Waals surface area (Å²) in [5.74, 6) is 1.24. The van der Waals surface area contributed by atoms with Crippen LogP contribution in [-0.2, 0) is 16.8 Å². The third kappa shape index (κ3) is 4.31. The minimum atomic E-state index is -2.45. The second kappa shape index (κ2) is 8.75. The molecule has 28 heavy (non-hydrogen) atoms. The molecule has 0 aliphatic carbocycles. The Balaban J connectivity index is 2.12. The lowest BCUT2D eigenvalue weighted by Gasteiger charge is -2.17. The predicted molar refractivity (Wildman–Crippen MR) is 114 cm³/mol. The Morgan fingerprint density at radius 2 is 2.04 bits per heavy atom. The molecule has 1 saturated heterocycles. The first-order valence-corrected chi connectivity index (χ1v) is 12.4. The van der Waals surface area contributed by atoms with Crippen LogP contribution < -0.4 is 10.3 Å². The summed E-state index contributed by atoms with van der Waals surface area (Å²) in [5, 5.41) is 2.73. The Morgan fingerprint density at radius 1 is 1.32 bits per heavy atom. The van der Waals surface area contributed by atoms with Crippen molar-refractivity contribution >= 4 is 44.6 Å². The average molecular weight is 444 g/mol. The van der Waals surface area contributed by atoms with Crippen LogP contribution in [0.25, 0.3) is 0 Å². The van der Waals surface area contributed by atoms with Crippen LogP contribution in [0, 0.1) is 0 Å².